The Labute approximate surface area is 110 Å². The molecule has 0 radical (unpaired) electrons. The molecule has 0 atom stereocenters. The van der Waals surface area contributed by atoms with Gasteiger partial charge in [0, 0.05) is 0 Å². The molecule has 6 heteroatoms. The van der Waals surface area contributed by atoms with Gasteiger partial charge in [0.25, 0.3) is 0 Å². The molecule has 0 aliphatic heterocycles. The number of H-pyrrole nitrogens is 1. The molecule has 0 fully saturated rings. The molecule has 0 amide bonds. The van der Waals surface area contributed by atoms with E-state index in [2.05, 4.69) is 20.5 Å². The molecule has 0 saturated heterocycles. The molecule has 1 aromatic carbocycles. The van der Waals surface area contributed by atoms with Gasteiger partial charge in [-0.3, -0.25) is 0 Å². The van der Waals surface area contributed by atoms with Crippen LogP contribution in [0.2, 0.25) is 0 Å². The van der Waals surface area contributed by atoms with Crippen LogP contribution >= 0.6 is 0 Å². The van der Waals surface area contributed by atoms with Gasteiger partial charge in [-0.2, -0.15) is 10.1 Å². The van der Waals surface area contributed by atoms with Gasteiger partial charge in [-0.15, -0.1) is 0 Å². The summed E-state index contributed by atoms with van der Waals surface area (Å²) < 4.78 is 5.63. The zero-order chi connectivity index (χ0) is 13.7. The third kappa shape index (κ3) is 3.31. The molecule has 100 valence electrons. The molecule has 0 saturated carbocycles. The van der Waals surface area contributed by atoms with Gasteiger partial charge < -0.3 is 10.1 Å². The minimum absolute atomic E-state index is 0.427. The fourth-order valence-corrected chi connectivity index (χ4v) is 1.55. The quantitative estimate of drug-likeness (QED) is 0.859. The minimum atomic E-state index is -0.486. The summed E-state index contributed by atoms with van der Waals surface area (Å²) in [5, 5.41) is 9.22. The molecular formula is C13H16N4O2. The Morgan fingerprint density at radius 3 is 2.95 bits per heavy atom. The van der Waals surface area contributed by atoms with E-state index in [0.29, 0.717) is 18.1 Å². The van der Waals surface area contributed by atoms with Gasteiger partial charge >= 0.3 is 5.69 Å². The van der Waals surface area contributed by atoms with E-state index in [9.17, 15) is 4.79 Å². The molecule has 0 spiro atoms. The summed E-state index contributed by atoms with van der Waals surface area (Å²) in [6.07, 6.45) is 0.929. The molecule has 2 N–H and O–H groups in total. The average Bonchev–Trinajstić information content (AvgIpc) is 2.42. The highest BCUT2D eigenvalue weighted by atomic mass is 16.5. The summed E-state index contributed by atoms with van der Waals surface area (Å²) in [6, 6.07) is 7.52. The number of para-hydroxylation sites is 2. The fourth-order valence-electron chi connectivity index (χ4n) is 1.55. The first kappa shape index (κ1) is 13.1. The number of aromatic nitrogens is 3. The lowest BCUT2D eigenvalue weighted by Crippen LogP contribution is -2.15. The van der Waals surface area contributed by atoms with Crippen LogP contribution in [0.5, 0.6) is 5.75 Å². The number of nitrogens with zero attached hydrogens (tertiary/aromatic N) is 2. The molecule has 1 aromatic heterocycles. The van der Waals surface area contributed by atoms with Crippen molar-refractivity contribution in [2.45, 2.75) is 20.3 Å². The highest BCUT2D eigenvalue weighted by Gasteiger charge is 2.07. The Kier molecular flexibility index (Phi) is 4.12. The van der Waals surface area contributed by atoms with Gasteiger partial charge in [0.1, 0.15) is 11.4 Å². The highest BCUT2D eigenvalue weighted by molar-refractivity contribution is 5.64. The first-order valence-corrected chi connectivity index (χ1v) is 6.13. The normalized spacial score (nSPS) is 10.2. The second-order valence-corrected chi connectivity index (χ2v) is 4.04. The van der Waals surface area contributed by atoms with Crippen molar-refractivity contribution in [2.75, 3.05) is 11.9 Å². The molecule has 0 aliphatic carbocycles. The van der Waals surface area contributed by atoms with Crippen LogP contribution in [-0.4, -0.2) is 21.8 Å². The summed E-state index contributed by atoms with van der Waals surface area (Å²) in [6.45, 7) is 4.45. The van der Waals surface area contributed by atoms with E-state index in [1.165, 1.54) is 0 Å². The Morgan fingerprint density at radius 1 is 1.37 bits per heavy atom. The van der Waals surface area contributed by atoms with Gasteiger partial charge in [-0.05, 0) is 25.5 Å². The van der Waals surface area contributed by atoms with E-state index >= 15 is 0 Å². The zero-order valence-corrected chi connectivity index (χ0v) is 10.9. The predicted octanol–water partition coefficient (Wildman–Crippen LogP) is 2.01. The molecule has 0 aliphatic rings. The summed E-state index contributed by atoms with van der Waals surface area (Å²) in [5.74, 6) is 1.15. The molecule has 1 heterocycles. The monoisotopic (exact) mass is 260 g/mol. The second kappa shape index (κ2) is 5.99. The molecular weight excluding hydrogens is 244 g/mol. The summed E-state index contributed by atoms with van der Waals surface area (Å²) >= 11 is 0. The average molecular weight is 260 g/mol. The van der Waals surface area contributed by atoms with Gasteiger partial charge in [0.05, 0.1) is 12.3 Å². The lowest BCUT2D eigenvalue weighted by Gasteiger charge is -2.12. The SMILES string of the molecule is CCCOc1ccccc1Nc1nc(=O)[nH]nc1C. The fraction of sp³-hybridized carbons (Fsp3) is 0.308. The van der Waals surface area contributed by atoms with Crippen molar-refractivity contribution >= 4 is 11.5 Å². The van der Waals surface area contributed by atoms with E-state index in [1.807, 2.05) is 31.2 Å². The first-order valence-electron chi connectivity index (χ1n) is 6.13. The molecule has 19 heavy (non-hydrogen) atoms. The Morgan fingerprint density at radius 2 is 2.16 bits per heavy atom. The van der Waals surface area contributed by atoms with Crippen molar-refractivity contribution in [3.8, 4) is 5.75 Å². The Balaban J connectivity index is 2.27. The number of nitrogens with one attached hydrogen (secondary N) is 2. The lowest BCUT2D eigenvalue weighted by molar-refractivity contribution is 0.319. The number of aromatic amines is 1. The van der Waals surface area contributed by atoms with Crippen LogP contribution in [0.3, 0.4) is 0 Å². The van der Waals surface area contributed by atoms with E-state index < -0.39 is 5.69 Å². The number of hydrogen-bond acceptors (Lipinski definition) is 5. The van der Waals surface area contributed by atoms with Crippen LogP contribution in [0.1, 0.15) is 19.0 Å². The Bertz CT molecular complexity index is 610. The number of hydrogen-bond donors (Lipinski definition) is 2. The number of ether oxygens (including phenoxy) is 1. The van der Waals surface area contributed by atoms with Crippen molar-refractivity contribution in [2.24, 2.45) is 0 Å². The summed E-state index contributed by atoms with van der Waals surface area (Å²) in [7, 11) is 0. The van der Waals surface area contributed by atoms with Crippen LogP contribution in [0.25, 0.3) is 0 Å². The third-order valence-electron chi connectivity index (χ3n) is 2.48. The smallest absolute Gasteiger partial charge is 0.363 e. The third-order valence-corrected chi connectivity index (χ3v) is 2.48. The number of anilines is 2. The molecule has 2 rings (SSSR count). The molecule has 6 nitrogen and oxygen atoms in total. The summed E-state index contributed by atoms with van der Waals surface area (Å²) in [4.78, 5) is 15.0. The number of benzene rings is 1. The lowest BCUT2D eigenvalue weighted by atomic mass is 10.3. The van der Waals surface area contributed by atoms with Crippen LogP contribution < -0.4 is 15.7 Å². The minimum Gasteiger partial charge on any atom is -0.491 e. The standard InChI is InChI=1S/C13H16N4O2/c1-3-8-19-11-7-5-4-6-10(11)14-12-9(2)16-17-13(18)15-12/h4-7H,3,8H2,1-2H3,(H2,14,15,17,18). The maximum Gasteiger partial charge on any atom is 0.363 e. The number of aryl methyl sites for hydroxylation is 1. The maximum atomic E-state index is 11.2. The topological polar surface area (TPSA) is 79.9 Å². The van der Waals surface area contributed by atoms with Crippen LogP contribution in [0.4, 0.5) is 11.5 Å². The van der Waals surface area contributed by atoms with Crippen LogP contribution in [0, 0.1) is 6.92 Å². The van der Waals surface area contributed by atoms with Gasteiger partial charge in [-0.25, -0.2) is 9.89 Å². The van der Waals surface area contributed by atoms with E-state index in [-0.39, 0.29) is 0 Å². The van der Waals surface area contributed by atoms with E-state index in [0.717, 1.165) is 17.9 Å². The first-order chi connectivity index (χ1) is 9.20. The van der Waals surface area contributed by atoms with Crippen LogP contribution in [-0.2, 0) is 0 Å². The highest BCUT2D eigenvalue weighted by Crippen LogP contribution is 2.26. The maximum absolute atomic E-state index is 11.2. The zero-order valence-electron chi connectivity index (χ0n) is 10.9. The van der Waals surface area contributed by atoms with Gasteiger partial charge in [-0.1, -0.05) is 19.1 Å². The van der Waals surface area contributed by atoms with Crippen molar-refractivity contribution in [1.82, 2.24) is 15.2 Å². The van der Waals surface area contributed by atoms with Gasteiger partial charge in [0.2, 0.25) is 0 Å². The Hall–Kier alpha value is -2.37. The molecule has 2 aromatic rings. The van der Waals surface area contributed by atoms with Crippen LogP contribution in [0.15, 0.2) is 29.1 Å². The van der Waals surface area contributed by atoms with Crippen molar-refractivity contribution in [3.63, 3.8) is 0 Å². The second-order valence-electron chi connectivity index (χ2n) is 4.04. The largest absolute Gasteiger partial charge is 0.491 e. The van der Waals surface area contributed by atoms with Crippen molar-refractivity contribution in [1.29, 1.82) is 0 Å². The van der Waals surface area contributed by atoms with Crippen molar-refractivity contribution < 1.29 is 4.74 Å². The molecule has 0 bridgehead atoms. The van der Waals surface area contributed by atoms with Crippen molar-refractivity contribution in [3.05, 3.63) is 40.4 Å². The van der Waals surface area contributed by atoms with Gasteiger partial charge in [0.15, 0.2) is 5.82 Å². The van der Waals surface area contributed by atoms with E-state index in [1.54, 1.807) is 6.92 Å². The van der Waals surface area contributed by atoms with E-state index in [4.69, 9.17) is 4.74 Å². The molecule has 0 unspecified atom stereocenters. The predicted molar refractivity (Wildman–Crippen MR) is 72.9 cm³/mol. The summed E-state index contributed by atoms with van der Waals surface area (Å²) in [5.41, 5.74) is 0.893. The number of rotatable bonds is 5.